The zero-order valence-corrected chi connectivity index (χ0v) is 11.1. The highest BCUT2D eigenvalue weighted by Crippen LogP contribution is 2.39. The maximum absolute atomic E-state index is 12.9. The standard InChI is InChI=1S/C13H12F3N3O2/c1-7-2-9(3-8(4-17)18-7)19-5-10(12(20)21)11(6-19)13(14,15)16/h2-3,10-11H,5-6H2,1H3,(H,20,21)/t10-,11-/m1/s1. The lowest BCUT2D eigenvalue weighted by Gasteiger charge is -2.20. The molecule has 0 bridgehead atoms. The average molecular weight is 299 g/mol. The third kappa shape index (κ3) is 3.07. The first kappa shape index (κ1) is 15.1. The van der Waals surface area contributed by atoms with Gasteiger partial charge in [-0.2, -0.15) is 18.4 Å². The summed E-state index contributed by atoms with van der Waals surface area (Å²) in [7, 11) is 0. The quantitative estimate of drug-likeness (QED) is 0.903. The zero-order chi connectivity index (χ0) is 15.8. The van der Waals surface area contributed by atoms with Gasteiger partial charge in [0.2, 0.25) is 0 Å². The van der Waals surface area contributed by atoms with Gasteiger partial charge in [-0.25, -0.2) is 4.98 Å². The van der Waals surface area contributed by atoms with Crippen molar-refractivity contribution in [3.05, 3.63) is 23.5 Å². The molecule has 8 heteroatoms. The lowest BCUT2D eigenvalue weighted by Crippen LogP contribution is -2.33. The van der Waals surface area contributed by atoms with Gasteiger partial charge in [-0.1, -0.05) is 0 Å². The third-order valence-electron chi connectivity index (χ3n) is 3.48. The van der Waals surface area contributed by atoms with Crippen LogP contribution in [0.5, 0.6) is 0 Å². The third-order valence-corrected chi connectivity index (χ3v) is 3.48. The van der Waals surface area contributed by atoms with Crippen LogP contribution in [0.3, 0.4) is 0 Å². The molecule has 21 heavy (non-hydrogen) atoms. The van der Waals surface area contributed by atoms with Crippen LogP contribution in [0.25, 0.3) is 0 Å². The van der Waals surface area contributed by atoms with E-state index in [1.54, 1.807) is 13.0 Å². The summed E-state index contributed by atoms with van der Waals surface area (Å²) in [5, 5.41) is 17.8. The first-order valence-electron chi connectivity index (χ1n) is 6.15. The zero-order valence-electron chi connectivity index (χ0n) is 11.1. The van der Waals surface area contributed by atoms with Crippen molar-refractivity contribution in [2.75, 3.05) is 18.0 Å². The fourth-order valence-corrected chi connectivity index (χ4v) is 2.49. The lowest BCUT2D eigenvalue weighted by atomic mass is 9.96. The van der Waals surface area contributed by atoms with E-state index < -0.39 is 30.5 Å². The van der Waals surface area contributed by atoms with E-state index in [0.29, 0.717) is 11.4 Å². The fraction of sp³-hybridized carbons (Fsp3) is 0.462. The Morgan fingerprint density at radius 2 is 2.14 bits per heavy atom. The summed E-state index contributed by atoms with van der Waals surface area (Å²) in [4.78, 5) is 16.3. The summed E-state index contributed by atoms with van der Waals surface area (Å²) < 4.78 is 38.8. The summed E-state index contributed by atoms with van der Waals surface area (Å²) >= 11 is 0. The Morgan fingerprint density at radius 1 is 1.48 bits per heavy atom. The van der Waals surface area contributed by atoms with Crippen LogP contribution in [0.2, 0.25) is 0 Å². The van der Waals surface area contributed by atoms with E-state index in [-0.39, 0.29) is 12.2 Å². The van der Waals surface area contributed by atoms with E-state index >= 15 is 0 Å². The number of anilines is 1. The van der Waals surface area contributed by atoms with Crippen LogP contribution in [0.15, 0.2) is 12.1 Å². The number of nitriles is 1. The Kier molecular flexibility index (Phi) is 3.77. The Labute approximate surface area is 118 Å². The number of aryl methyl sites for hydroxylation is 1. The molecule has 0 radical (unpaired) electrons. The molecule has 112 valence electrons. The highest BCUT2D eigenvalue weighted by atomic mass is 19.4. The monoisotopic (exact) mass is 299 g/mol. The first-order chi connectivity index (χ1) is 9.72. The number of carboxylic acids is 1. The van der Waals surface area contributed by atoms with E-state index in [1.165, 1.54) is 11.0 Å². The number of hydrogen-bond acceptors (Lipinski definition) is 4. The second kappa shape index (κ2) is 5.24. The maximum atomic E-state index is 12.9. The minimum absolute atomic E-state index is 0.0901. The van der Waals surface area contributed by atoms with Crippen LogP contribution >= 0.6 is 0 Å². The summed E-state index contributed by atoms with van der Waals surface area (Å²) in [5.74, 6) is -4.90. The molecule has 0 aromatic carbocycles. The van der Waals surface area contributed by atoms with Gasteiger partial charge in [0.15, 0.2) is 0 Å². The normalized spacial score (nSPS) is 22.1. The molecule has 2 heterocycles. The van der Waals surface area contributed by atoms with Gasteiger partial charge in [0.1, 0.15) is 11.8 Å². The van der Waals surface area contributed by atoms with Gasteiger partial charge >= 0.3 is 12.1 Å². The lowest BCUT2D eigenvalue weighted by molar-refractivity contribution is -0.187. The summed E-state index contributed by atoms with van der Waals surface area (Å²) in [6, 6.07) is 4.74. The summed E-state index contributed by atoms with van der Waals surface area (Å²) in [6.45, 7) is 0.943. The summed E-state index contributed by atoms with van der Waals surface area (Å²) in [5.41, 5.74) is 0.968. The maximum Gasteiger partial charge on any atom is 0.394 e. The molecule has 1 aromatic rings. The van der Waals surface area contributed by atoms with Crippen LogP contribution in [0.4, 0.5) is 18.9 Å². The molecule has 0 spiro atoms. The SMILES string of the molecule is Cc1cc(N2C[C@@H](C(F)(F)F)[C@H](C(=O)O)C2)cc(C#N)n1. The van der Waals surface area contributed by atoms with Crippen molar-refractivity contribution in [3.63, 3.8) is 0 Å². The minimum Gasteiger partial charge on any atom is -0.481 e. The fourth-order valence-electron chi connectivity index (χ4n) is 2.49. The number of halogens is 3. The molecule has 1 fully saturated rings. The number of aromatic nitrogens is 1. The Hall–Kier alpha value is -2.30. The molecule has 0 unspecified atom stereocenters. The molecule has 2 rings (SSSR count). The second-order valence-electron chi connectivity index (χ2n) is 4.96. The van der Waals surface area contributed by atoms with Gasteiger partial charge in [0.05, 0.1) is 11.8 Å². The van der Waals surface area contributed by atoms with E-state index in [0.717, 1.165) is 0 Å². The van der Waals surface area contributed by atoms with Crippen molar-refractivity contribution in [1.29, 1.82) is 5.26 Å². The predicted molar refractivity (Wildman–Crippen MR) is 66.6 cm³/mol. The van der Waals surface area contributed by atoms with E-state index in [9.17, 15) is 18.0 Å². The largest absolute Gasteiger partial charge is 0.481 e. The second-order valence-corrected chi connectivity index (χ2v) is 4.96. The number of carbonyl (C=O) groups is 1. The van der Waals surface area contributed by atoms with Crippen LogP contribution < -0.4 is 4.90 Å². The Morgan fingerprint density at radius 3 is 2.62 bits per heavy atom. The molecule has 0 amide bonds. The van der Waals surface area contributed by atoms with Crippen molar-refractivity contribution < 1.29 is 23.1 Å². The number of aliphatic carboxylic acids is 1. The van der Waals surface area contributed by atoms with Crippen LogP contribution in [0, 0.1) is 30.1 Å². The molecule has 1 aromatic heterocycles. The van der Waals surface area contributed by atoms with Crippen molar-refractivity contribution >= 4 is 11.7 Å². The van der Waals surface area contributed by atoms with E-state index in [2.05, 4.69) is 4.98 Å². The van der Waals surface area contributed by atoms with E-state index in [1.807, 2.05) is 6.07 Å². The highest BCUT2D eigenvalue weighted by molar-refractivity contribution is 5.73. The number of hydrogen-bond donors (Lipinski definition) is 1. The van der Waals surface area contributed by atoms with Gasteiger partial charge in [-0.3, -0.25) is 4.79 Å². The topological polar surface area (TPSA) is 77.2 Å². The molecular formula is C13H12F3N3O2. The molecule has 0 aliphatic carbocycles. The van der Waals surface area contributed by atoms with Crippen LogP contribution in [-0.4, -0.2) is 35.3 Å². The molecule has 2 atom stereocenters. The van der Waals surface area contributed by atoms with Gasteiger partial charge in [0, 0.05) is 24.5 Å². The molecule has 5 nitrogen and oxygen atoms in total. The average Bonchev–Trinajstić information content (AvgIpc) is 2.83. The number of alkyl halides is 3. The predicted octanol–water partition coefficient (Wildman–Crippen LogP) is 1.96. The molecule has 1 saturated heterocycles. The van der Waals surface area contributed by atoms with Gasteiger partial charge in [-0.15, -0.1) is 0 Å². The van der Waals surface area contributed by atoms with Gasteiger partial charge in [0.25, 0.3) is 0 Å². The van der Waals surface area contributed by atoms with Crippen molar-refractivity contribution in [1.82, 2.24) is 4.98 Å². The number of rotatable bonds is 2. The minimum atomic E-state index is -4.57. The molecule has 1 aliphatic rings. The molecular weight excluding hydrogens is 287 g/mol. The number of pyridine rings is 1. The number of carboxylic acid groups (broad SMARTS) is 1. The van der Waals surface area contributed by atoms with Crippen LogP contribution in [-0.2, 0) is 4.79 Å². The van der Waals surface area contributed by atoms with Crippen molar-refractivity contribution in [2.24, 2.45) is 11.8 Å². The molecule has 1 aliphatic heterocycles. The first-order valence-corrected chi connectivity index (χ1v) is 6.15. The Bertz CT molecular complexity index is 610. The van der Waals surface area contributed by atoms with Gasteiger partial charge in [-0.05, 0) is 19.1 Å². The Balaban J connectivity index is 2.33. The summed E-state index contributed by atoms with van der Waals surface area (Å²) in [6.07, 6.45) is -4.57. The molecule has 1 N–H and O–H groups in total. The number of nitrogens with zero attached hydrogens (tertiary/aromatic N) is 3. The van der Waals surface area contributed by atoms with E-state index in [4.69, 9.17) is 10.4 Å². The van der Waals surface area contributed by atoms with Crippen molar-refractivity contribution in [3.8, 4) is 6.07 Å². The van der Waals surface area contributed by atoms with Crippen LogP contribution in [0.1, 0.15) is 11.4 Å². The highest BCUT2D eigenvalue weighted by Gasteiger charge is 2.52. The van der Waals surface area contributed by atoms with Gasteiger partial charge < -0.3 is 10.0 Å². The van der Waals surface area contributed by atoms with Crippen molar-refractivity contribution in [2.45, 2.75) is 13.1 Å². The molecule has 0 saturated carbocycles. The smallest absolute Gasteiger partial charge is 0.394 e.